The number of fused-ring (bicyclic) bond motifs is 2. The molecule has 178 valence electrons. The van der Waals surface area contributed by atoms with Crippen molar-refractivity contribution >= 4 is 40.5 Å². The number of nitrogens with zero attached hydrogens (tertiary/aromatic N) is 2. The summed E-state index contributed by atoms with van der Waals surface area (Å²) in [5, 5.41) is 4.34. The Balaban J connectivity index is 1.68. The predicted octanol–water partition coefficient (Wildman–Crippen LogP) is 4.37. The summed E-state index contributed by atoms with van der Waals surface area (Å²) in [6.45, 7) is 6.20. The largest absolute Gasteiger partial charge is 0.464 e. The van der Waals surface area contributed by atoms with Crippen LogP contribution >= 0.6 is 0 Å². The van der Waals surface area contributed by atoms with Crippen LogP contribution in [0.4, 0.5) is 0 Å². The van der Waals surface area contributed by atoms with Crippen molar-refractivity contribution in [2.24, 2.45) is 5.41 Å². The van der Waals surface area contributed by atoms with Gasteiger partial charge < -0.3 is 23.4 Å². The Morgan fingerprint density at radius 3 is 2.50 bits per heavy atom. The maximum Gasteiger partial charge on any atom is 0.257 e. The molecule has 2 aromatic carbocycles. The number of nitrogens with one attached hydrogen (secondary N) is 1. The van der Waals surface area contributed by atoms with Crippen LogP contribution in [-0.4, -0.2) is 48.3 Å². The molecule has 34 heavy (non-hydrogen) atoms. The zero-order valence-corrected chi connectivity index (χ0v) is 19.9. The van der Waals surface area contributed by atoms with Gasteiger partial charge >= 0.3 is 0 Å². The molecule has 0 spiro atoms. The molecule has 2 heterocycles. The van der Waals surface area contributed by atoms with Crippen LogP contribution in [0.2, 0.25) is 0 Å². The van der Waals surface area contributed by atoms with Crippen molar-refractivity contribution in [3.63, 3.8) is 0 Å². The molecule has 3 atom stereocenters. The Morgan fingerprint density at radius 1 is 1.09 bits per heavy atom. The molecule has 4 rings (SSSR count). The van der Waals surface area contributed by atoms with Crippen LogP contribution < -0.4 is 5.32 Å². The fourth-order valence-corrected chi connectivity index (χ4v) is 4.24. The molecule has 0 aliphatic carbocycles. The highest BCUT2D eigenvalue weighted by Gasteiger charge is 2.35. The van der Waals surface area contributed by atoms with Gasteiger partial charge in [-0.1, -0.05) is 32.9 Å². The molecule has 0 saturated heterocycles. The van der Waals surface area contributed by atoms with E-state index in [2.05, 4.69) is 26.1 Å². The molecule has 0 radical (unpaired) electrons. The van der Waals surface area contributed by atoms with Crippen molar-refractivity contribution in [3.8, 4) is 0 Å². The SMILES string of the molecule is CN(C)C(=O)c1cccc2c1on2C(C=O)C(C=O)NC(c1ccc2occc2c1)C(C)(C)C. The van der Waals surface area contributed by atoms with E-state index in [1.807, 2.05) is 24.3 Å². The fourth-order valence-electron chi connectivity index (χ4n) is 4.24. The summed E-state index contributed by atoms with van der Waals surface area (Å²) in [6, 6.07) is 10.9. The van der Waals surface area contributed by atoms with Gasteiger partial charge in [0, 0.05) is 25.5 Å². The van der Waals surface area contributed by atoms with E-state index < -0.39 is 12.1 Å². The van der Waals surface area contributed by atoms with Crippen molar-refractivity contribution in [3.05, 3.63) is 59.9 Å². The minimum absolute atomic E-state index is 0.202. The highest BCUT2D eigenvalue weighted by atomic mass is 16.5. The Bertz CT molecular complexity index is 1340. The molecule has 0 bridgehead atoms. The zero-order valence-electron chi connectivity index (χ0n) is 19.9. The normalized spacial score (nSPS) is 14.7. The Hall–Kier alpha value is -3.65. The lowest BCUT2D eigenvalue weighted by molar-refractivity contribution is -0.118. The van der Waals surface area contributed by atoms with Gasteiger partial charge in [0.2, 0.25) is 0 Å². The van der Waals surface area contributed by atoms with Gasteiger partial charge in [-0.05, 0) is 41.3 Å². The number of carbonyl (C=O) groups is 3. The maximum absolute atomic E-state index is 12.5. The van der Waals surface area contributed by atoms with Crippen LogP contribution in [0.15, 0.2) is 57.7 Å². The summed E-state index contributed by atoms with van der Waals surface area (Å²) in [7, 11) is 3.32. The van der Waals surface area contributed by atoms with Crippen LogP contribution in [0.5, 0.6) is 0 Å². The average molecular weight is 464 g/mol. The van der Waals surface area contributed by atoms with E-state index in [4.69, 9.17) is 8.94 Å². The first-order valence-corrected chi connectivity index (χ1v) is 11.1. The Labute approximate surface area is 197 Å². The van der Waals surface area contributed by atoms with E-state index >= 15 is 0 Å². The molecule has 2 aromatic heterocycles. The highest BCUT2D eigenvalue weighted by Crippen LogP contribution is 2.36. The molecule has 0 aliphatic heterocycles. The number of para-hydroxylation sites is 1. The number of hydrogen-bond acceptors (Lipinski definition) is 6. The van der Waals surface area contributed by atoms with Crippen LogP contribution in [-0.2, 0) is 9.59 Å². The number of rotatable bonds is 8. The highest BCUT2D eigenvalue weighted by molar-refractivity contribution is 6.04. The fraction of sp³-hybridized carbons (Fsp3) is 0.346. The summed E-state index contributed by atoms with van der Waals surface area (Å²) in [4.78, 5) is 38.3. The van der Waals surface area contributed by atoms with Gasteiger partial charge in [0.25, 0.3) is 5.91 Å². The van der Waals surface area contributed by atoms with Crippen molar-refractivity contribution in [1.82, 2.24) is 15.0 Å². The molecule has 1 N–H and O–H groups in total. The first kappa shape index (κ1) is 23.5. The van der Waals surface area contributed by atoms with E-state index in [1.165, 1.54) is 9.64 Å². The number of amides is 1. The summed E-state index contributed by atoms with van der Waals surface area (Å²) in [5.41, 5.74) is 2.87. The quantitative estimate of drug-likeness (QED) is 0.390. The lowest BCUT2D eigenvalue weighted by atomic mass is 9.81. The third kappa shape index (κ3) is 4.17. The summed E-state index contributed by atoms with van der Waals surface area (Å²) in [5.74, 6) is -0.202. The van der Waals surface area contributed by atoms with E-state index in [-0.39, 0.29) is 17.4 Å². The van der Waals surface area contributed by atoms with Gasteiger partial charge in [0.15, 0.2) is 5.58 Å². The van der Waals surface area contributed by atoms with Crippen LogP contribution in [0, 0.1) is 5.41 Å². The van der Waals surface area contributed by atoms with Gasteiger partial charge in [-0.15, -0.1) is 0 Å². The van der Waals surface area contributed by atoms with Gasteiger partial charge in [-0.3, -0.25) is 10.1 Å². The minimum atomic E-state index is -0.919. The topological polar surface area (TPSA) is 97.7 Å². The molecule has 1 amide bonds. The maximum atomic E-state index is 12.5. The Kier molecular flexibility index (Phi) is 6.18. The van der Waals surface area contributed by atoms with E-state index in [0.29, 0.717) is 22.9 Å². The smallest absolute Gasteiger partial charge is 0.257 e. The van der Waals surface area contributed by atoms with E-state index in [0.717, 1.165) is 22.8 Å². The van der Waals surface area contributed by atoms with Crippen LogP contribution in [0.3, 0.4) is 0 Å². The monoisotopic (exact) mass is 463 g/mol. The lowest BCUT2D eigenvalue weighted by Gasteiger charge is -2.36. The number of benzene rings is 2. The molecule has 0 fully saturated rings. The molecule has 8 nitrogen and oxygen atoms in total. The Morgan fingerprint density at radius 2 is 1.85 bits per heavy atom. The molecule has 3 unspecified atom stereocenters. The van der Waals surface area contributed by atoms with Crippen molar-refractivity contribution in [2.45, 2.75) is 38.9 Å². The van der Waals surface area contributed by atoms with Gasteiger partial charge in [-0.2, -0.15) is 4.74 Å². The van der Waals surface area contributed by atoms with Crippen LogP contribution in [0.25, 0.3) is 22.1 Å². The molecular weight excluding hydrogens is 434 g/mol. The average Bonchev–Trinajstić information content (AvgIpc) is 3.25. The molecule has 0 saturated carbocycles. The second-order valence-corrected chi connectivity index (χ2v) is 9.74. The number of aromatic nitrogens is 1. The summed E-state index contributed by atoms with van der Waals surface area (Å²) >= 11 is 0. The second-order valence-electron chi connectivity index (χ2n) is 9.74. The third-order valence-electron chi connectivity index (χ3n) is 6.02. The molecule has 4 aromatic rings. The third-order valence-corrected chi connectivity index (χ3v) is 6.02. The number of carbonyl (C=O) groups excluding carboxylic acids is 3. The number of aldehydes is 2. The zero-order chi connectivity index (χ0) is 24.6. The summed E-state index contributed by atoms with van der Waals surface area (Å²) in [6.07, 6.45) is 3.05. The van der Waals surface area contributed by atoms with Gasteiger partial charge in [0.05, 0.1) is 17.9 Å². The predicted molar refractivity (Wildman–Crippen MR) is 129 cm³/mol. The standard InChI is InChI=1S/C26H29N3O5/c1-26(2,3)24(17-9-10-22-16(13-17)11-12-33-22)27-19(14-30)21(15-31)29-20-8-6-7-18(23(20)34-29)25(32)28(4)5/h6-15,19,21,24,27H,1-5H3. The van der Waals surface area contributed by atoms with Crippen molar-refractivity contribution in [1.29, 1.82) is 0 Å². The van der Waals surface area contributed by atoms with Crippen molar-refractivity contribution in [2.75, 3.05) is 14.1 Å². The van der Waals surface area contributed by atoms with Gasteiger partial charge in [0.1, 0.15) is 29.7 Å². The van der Waals surface area contributed by atoms with Crippen molar-refractivity contribution < 1.29 is 23.3 Å². The number of furan rings is 1. The van der Waals surface area contributed by atoms with Crippen LogP contribution in [0.1, 0.15) is 48.8 Å². The summed E-state index contributed by atoms with van der Waals surface area (Å²) < 4.78 is 12.6. The first-order chi connectivity index (χ1) is 16.2. The molecule has 8 heteroatoms. The lowest BCUT2D eigenvalue weighted by Crippen LogP contribution is -2.46. The van der Waals surface area contributed by atoms with E-state index in [9.17, 15) is 14.4 Å². The minimum Gasteiger partial charge on any atom is -0.464 e. The van der Waals surface area contributed by atoms with Gasteiger partial charge in [-0.25, -0.2) is 0 Å². The first-order valence-electron chi connectivity index (χ1n) is 11.1. The molecule has 0 aliphatic rings. The number of hydrogen-bond donors (Lipinski definition) is 1. The van der Waals surface area contributed by atoms with E-state index in [1.54, 1.807) is 38.6 Å². The second kappa shape index (κ2) is 8.95. The molecular formula is C26H29N3O5.